The Balaban J connectivity index is 1.50. The largest absolute Gasteiger partial charge is 0.345 e. The summed E-state index contributed by atoms with van der Waals surface area (Å²) < 4.78 is 4.50. The van der Waals surface area contributed by atoms with Gasteiger partial charge >= 0.3 is 0 Å². The van der Waals surface area contributed by atoms with Gasteiger partial charge in [-0.15, -0.1) is 5.10 Å². The van der Waals surface area contributed by atoms with Crippen LogP contribution in [0.15, 0.2) is 63.9 Å². The molecular formula is C18H12Br2ClN7O. The number of carbonyl (C=O) groups excluding carboxylic acids is 1. The third-order valence-corrected chi connectivity index (χ3v) is 5.13. The minimum Gasteiger partial charge on any atom is -0.345 e. The van der Waals surface area contributed by atoms with Gasteiger partial charge in [-0.25, -0.2) is 14.3 Å². The Morgan fingerprint density at radius 2 is 1.97 bits per heavy atom. The van der Waals surface area contributed by atoms with Crippen molar-refractivity contribution < 1.29 is 4.79 Å². The highest BCUT2D eigenvalue weighted by Crippen LogP contribution is 2.21. The Labute approximate surface area is 187 Å². The molecule has 0 saturated carbocycles. The van der Waals surface area contributed by atoms with E-state index < -0.39 is 0 Å². The van der Waals surface area contributed by atoms with Crippen molar-refractivity contribution in [3.8, 4) is 11.5 Å². The third kappa shape index (κ3) is 4.39. The number of hydrogen-bond donors (Lipinski definition) is 1. The molecule has 1 amide bonds. The topological polar surface area (TPSA) is 90.5 Å². The van der Waals surface area contributed by atoms with Crippen LogP contribution in [0.3, 0.4) is 0 Å². The van der Waals surface area contributed by atoms with Crippen LogP contribution in [-0.4, -0.2) is 35.7 Å². The molecule has 29 heavy (non-hydrogen) atoms. The molecule has 0 spiro atoms. The number of halogens is 3. The molecule has 3 aromatic heterocycles. The molecule has 0 aliphatic rings. The summed E-state index contributed by atoms with van der Waals surface area (Å²) in [5.41, 5.74) is 1.77. The van der Waals surface area contributed by atoms with Gasteiger partial charge in [-0.05, 0) is 52.3 Å². The van der Waals surface area contributed by atoms with Gasteiger partial charge in [-0.2, -0.15) is 5.10 Å². The van der Waals surface area contributed by atoms with E-state index in [1.165, 1.54) is 4.68 Å². The van der Waals surface area contributed by atoms with Crippen LogP contribution in [0, 0.1) is 0 Å². The fourth-order valence-electron chi connectivity index (χ4n) is 2.57. The highest BCUT2D eigenvalue weighted by Gasteiger charge is 2.18. The van der Waals surface area contributed by atoms with Crippen LogP contribution in [0.4, 0.5) is 0 Å². The molecule has 0 bridgehead atoms. The molecule has 3 heterocycles. The van der Waals surface area contributed by atoms with Crippen LogP contribution >= 0.6 is 43.5 Å². The Bertz CT molecular complexity index is 1170. The van der Waals surface area contributed by atoms with Crippen LogP contribution < -0.4 is 5.32 Å². The van der Waals surface area contributed by atoms with Crippen LogP contribution in [0.25, 0.3) is 11.5 Å². The van der Waals surface area contributed by atoms with Crippen LogP contribution in [0.5, 0.6) is 0 Å². The highest BCUT2D eigenvalue weighted by molar-refractivity contribution is 9.10. The van der Waals surface area contributed by atoms with Gasteiger partial charge in [0, 0.05) is 16.7 Å². The maximum Gasteiger partial charge on any atom is 0.270 e. The zero-order valence-corrected chi connectivity index (χ0v) is 18.6. The van der Waals surface area contributed by atoms with Crippen LogP contribution in [-0.2, 0) is 6.54 Å². The Morgan fingerprint density at radius 3 is 2.72 bits per heavy atom. The standard InChI is InChI=1S/C18H12Br2ClN7O/c19-11-3-5-13(6-4-11)27-10-12(24-26-27)9-23-18(29)15-8-16(20)25-28(15)17-14(21)2-1-7-22-17/h1-8,10H,9H2,(H,23,29). The molecule has 8 nitrogen and oxygen atoms in total. The minimum absolute atomic E-state index is 0.202. The van der Waals surface area contributed by atoms with Crippen LogP contribution in [0.2, 0.25) is 5.02 Å². The van der Waals surface area contributed by atoms with E-state index in [-0.39, 0.29) is 18.1 Å². The molecule has 146 valence electrons. The van der Waals surface area contributed by atoms with E-state index in [2.05, 4.69) is 57.6 Å². The van der Waals surface area contributed by atoms with E-state index in [9.17, 15) is 4.79 Å². The molecule has 0 unspecified atom stereocenters. The quantitative estimate of drug-likeness (QED) is 0.416. The lowest BCUT2D eigenvalue weighted by Crippen LogP contribution is -2.26. The number of benzene rings is 1. The summed E-state index contributed by atoms with van der Waals surface area (Å²) in [6.45, 7) is 0.202. The highest BCUT2D eigenvalue weighted by atomic mass is 79.9. The summed E-state index contributed by atoms with van der Waals surface area (Å²) in [4.78, 5) is 16.9. The van der Waals surface area contributed by atoms with Crippen molar-refractivity contribution >= 4 is 49.4 Å². The number of amides is 1. The summed E-state index contributed by atoms with van der Waals surface area (Å²) in [6.07, 6.45) is 3.34. The smallest absolute Gasteiger partial charge is 0.270 e. The molecule has 4 aromatic rings. The molecule has 0 aliphatic heterocycles. The maximum absolute atomic E-state index is 12.7. The molecule has 0 fully saturated rings. The normalized spacial score (nSPS) is 10.9. The summed E-state index contributed by atoms with van der Waals surface area (Å²) in [7, 11) is 0. The SMILES string of the molecule is O=C(NCc1cn(-c2ccc(Br)cc2)nn1)c1cc(Br)nn1-c1ncccc1Cl. The lowest BCUT2D eigenvalue weighted by atomic mass is 10.3. The first kappa shape index (κ1) is 19.7. The molecule has 0 aliphatic carbocycles. The molecule has 0 saturated heterocycles. The van der Waals surface area contributed by atoms with Crippen molar-refractivity contribution in [3.05, 3.63) is 80.3 Å². The number of pyridine rings is 1. The lowest BCUT2D eigenvalue weighted by molar-refractivity contribution is 0.0942. The first-order chi connectivity index (χ1) is 14.0. The molecule has 4 rings (SSSR count). The summed E-state index contributed by atoms with van der Waals surface area (Å²) in [5.74, 6) is 0.0225. The van der Waals surface area contributed by atoms with Crippen molar-refractivity contribution in [3.63, 3.8) is 0 Å². The van der Waals surface area contributed by atoms with Crippen LogP contribution in [0.1, 0.15) is 16.2 Å². The number of nitrogens with one attached hydrogen (secondary N) is 1. The molecule has 0 radical (unpaired) electrons. The molecular weight excluding hydrogens is 526 g/mol. The van der Waals surface area contributed by atoms with Crippen molar-refractivity contribution in [2.45, 2.75) is 6.54 Å². The molecule has 0 atom stereocenters. The Morgan fingerprint density at radius 1 is 1.17 bits per heavy atom. The van der Waals surface area contributed by atoms with Crippen molar-refractivity contribution in [2.24, 2.45) is 0 Å². The Kier molecular flexibility index (Phi) is 5.74. The average Bonchev–Trinajstić information content (AvgIpc) is 3.34. The third-order valence-electron chi connectivity index (χ3n) is 3.91. The number of nitrogens with zero attached hydrogens (tertiary/aromatic N) is 6. The molecule has 1 aromatic carbocycles. The number of carbonyl (C=O) groups is 1. The average molecular weight is 538 g/mol. The number of hydrogen-bond acceptors (Lipinski definition) is 5. The Hall–Kier alpha value is -2.56. The summed E-state index contributed by atoms with van der Waals surface area (Å²) in [5, 5.41) is 15.7. The second-order valence-corrected chi connectivity index (χ2v) is 8.02. The van der Waals surface area contributed by atoms with E-state index in [0.717, 1.165) is 10.2 Å². The van der Waals surface area contributed by atoms with Gasteiger partial charge < -0.3 is 5.32 Å². The van der Waals surface area contributed by atoms with Gasteiger partial charge in [0.2, 0.25) is 0 Å². The summed E-state index contributed by atoms with van der Waals surface area (Å²) >= 11 is 12.9. The van der Waals surface area contributed by atoms with Gasteiger partial charge in [-0.3, -0.25) is 4.79 Å². The fourth-order valence-corrected chi connectivity index (χ4v) is 3.41. The monoisotopic (exact) mass is 535 g/mol. The second-order valence-electron chi connectivity index (χ2n) is 5.89. The molecule has 11 heteroatoms. The second kappa shape index (κ2) is 8.44. The van der Waals surface area contributed by atoms with E-state index in [0.29, 0.717) is 21.1 Å². The van der Waals surface area contributed by atoms with Gasteiger partial charge in [0.05, 0.1) is 23.5 Å². The van der Waals surface area contributed by atoms with E-state index >= 15 is 0 Å². The zero-order valence-electron chi connectivity index (χ0n) is 14.6. The predicted molar refractivity (Wildman–Crippen MR) is 114 cm³/mol. The van der Waals surface area contributed by atoms with Crippen molar-refractivity contribution in [1.82, 2.24) is 35.1 Å². The molecule has 1 N–H and O–H groups in total. The van der Waals surface area contributed by atoms with Gasteiger partial charge in [0.25, 0.3) is 5.91 Å². The van der Waals surface area contributed by atoms with E-state index in [1.54, 1.807) is 35.3 Å². The summed E-state index contributed by atoms with van der Waals surface area (Å²) in [6, 6.07) is 12.6. The fraction of sp³-hybridized carbons (Fsp3) is 0.0556. The zero-order chi connectivity index (χ0) is 20.4. The van der Waals surface area contributed by atoms with E-state index in [1.807, 2.05) is 24.3 Å². The van der Waals surface area contributed by atoms with E-state index in [4.69, 9.17) is 11.6 Å². The van der Waals surface area contributed by atoms with Gasteiger partial charge in [-0.1, -0.05) is 32.7 Å². The maximum atomic E-state index is 12.7. The first-order valence-electron chi connectivity index (χ1n) is 8.33. The van der Waals surface area contributed by atoms with Gasteiger partial charge in [0.15, 0.2) is 5.82 Å². The van der Waals surface area contributed by atoms with Crippen molar-refractivity contribution in [2.75, 3.05) is 0 Å². The van der Waals surface area contributed by atoms with Gasteiger partial charge in [0.1, 0.15) is 16.0 Å². The first-order valence-corrected chi connectivity index (χ1v) is 10.3. The number of aromatic nitrogens is 6. The van der Waals surface area contributed by atoms with Crippen molar-refractivity contribution in [1.29, 1.82) is 0 Å². The lowest BCUT2D eigenvalue weighted by Gasteiger charge is -2.07. The number of rotatable bonds is 5. The predicted octanol–water partition coefficient (Wildman–Crippen LogP) is 3.96. The minimum atomic E-state index is -0.344.